The predicted octanol–water partition coefficient (Wildman–Crippen LogP) is 1.78. The molecule has 94 valence electrons. The van der Waals surface area contributed by atoms with Crippen LogP contribution in [-0.4, -0.2) is 35.3 Å². The molecule has 0 aromatic carbocycles. The van der Waals surface area contributed by atoms with Crippen molar-refractivity contribution in [3.05, 3.63) is 17.8 Å². The molecule has 0 amide bonds. The van der Waals surface area contributed by atoms with Gasteiger partial charge in [0.05, 0.1) is 6.10 Å². The summed E-state index contributed by atoms with van der Waals surface area (Å²) in [5, 5.41) is 13.0. The van der Waals surface area contributed by atoms with Crippen molar-refractivity contribution in [2.45, 2.75) is 39.3 Å². The second-order valence-electron chi connectivity index (χ2n) is 5.04. The Morgan fingerprint density at radius 1 is 1.47 bits per heavy atom. The molecule has 1 atom stereocenters. The summed E-state index contributed by atoms with van der Waals surface area (Å²) in [4.78, 5) is 6.67. The van der Waals surface area contributed by atoms with Gasteiger partial charge in [0.15, 0.2) is 0 Å². The first-order valence-corrected chi connectivity index (χ1v) is 6.23. The maximum atomic E-state index is 9.56. The summed E-state index contributed by atoms with van der Waals surface area (Å²) in [6.45, 7) is 7.82. The van der Waals surface area contributed by atoms with Crippen LogP contribution < -0.4 is 10.2 Å². The van der Waals surface area contributed by atoms with E-state index in [1.54, 1.807) is 0 Å². The standard InChI is InChI=1S/C13H21N3O/c1-9(2)14-11-6-10(3)15-13(7-11)16-5-4-12(17)8-16/h6-7,9,12,17H,4-5,8H2,1-3H3,(H,14,15)/t12-/m0/s1. The molecule has 1 fully saturated rings. The molecular formula is C13H21N3O. The summed E-state index contributed by atoms with van der Waals surface area (Å²) >= 11 is 0. The maximum Gasteiger partial charge on any atom is 0.130 e. The Kier molecular flexibility index (Phi) is 3.52. The predicted molar refractivity (Wildman–Crippen MR) is 70.6 cm³/mol. The number of pyridine rings is 1. The molecule has 2 rings (SSSR count). The van der Waals surface area contributed by atoms with Crippen LogP contribution in [0.1, 0.15) is 26.0 Å². The van der Waals surface area contributed by atoms with E-state index in [1.807, 2.05) is 6.92 Å². The highest BCUT2D eigenvalue weighted by Crippen LogP contribution is 2.22. The van der Waals surface area contributed by atoms with E-state index in [0.717, 1.165) is 30.2 Å². The molecule has 2 N–H and O–H groups in total. The first kappa shape index (κ1) is 12.2. The molecule has 0 saturated carbocycles. The molecule has 1 aliphatic heterocycles. The summed E-state index contributed by atoms with van der Waals surface area (Å²) in [6, 6.07) is 4.52. The number of aryl methyl sites for hydroxylation is 1. The zero-order valence-electron chi connectivity index (χ0n) is 10.8. The Labute approximate surface area is 103 Å². The van der Waals surface area contributed by atoms with E-state index in [4.69, 9.17) is 0 Å². The Hall–Kier alpha value is -1.29. The van der Waals surface area contributed by atoms with E-state index in [1.165, 1.54) is 0 Å². The third-order valence-corrected chi connectivity index (χ3v) is 2.88. The Bertz CT molecular complexity index is 392. The minimum atomic E-state index is -0.209. The smallest absolute Gasteiger partial charge is 0.130 e. The van der Waals surface area contributed by atoms with Gasteiger partial charge >= 0.3 is 0 Å². The minimum absolute atomic E-state index is 0.209. The quantitative estimate of drug-likeness (QED) is 0.838. The lowest BCUT2D eigenvalue weighted by Gasteiger charge is -2.19. The van der Waals surface area contributed by atoms with Crippen molar-refractivity contribution in [2.75, 3.05) is 23.3 Å². The molecule has 4 nitrogen and oxygen atoms in total. The van der Waals surface area contributed by atoms with E-state index in [0.29, 0.717) is 12.6 Å². The number of anilines is 2. The van der Waals surface area contributed by atoms with Gasteiger partial charge in [0.2, 0.25) is 0 Å². The van der Waals surface area contributed by atoms with Gasteiger partial charge in [0.1, 0.15) is 5.82 Å². The van der Waals surface area contributed by atoms with Gasteiger partial charge in [0.25, 0.3) is 0 Å². The van der Waals surface area contributed by atoms with Crippen LogP contribution in [0.25, 0.3) is 0 Å². The van der Waals surface area contributed by atoms with Crippen molar-refractivity contribution in [3.63, 3.8) is 0 Å². The second-order valence-corrected chi connectivity index (χ2v) is 5.04. The van der Waals surface area contributed by atoms with Crippen LogP contribution in [-0.2, 0) is 0 Å². The summed E-state index contributed by atoms with van der Waals surface area (Å²) in [6.07, 6.45) is 0.626. The first-order chi connectivity index (χ1) is 8.04. The highest BCUT2D eigenvalue weighted by molar-refractivity contribution is 5.55. The summed E-state index contributed by atoms with van der Waals surface area (Å²) < 4.78 is 0. The number of aliphatic hydroxyl groups is 1. The molecular weight excluding hydrogens is 214 g/mol. The Morgan fingerprint density at radius 3 is 2.82 bits per heavy atom. The van der Waals surface area contributed by atoms with Gasteiger partial charge in [-0.3, -0.25) is 0 Å². The topological polar surface area (TPSA) is 48.4 Å². The largest absolute Gasteiger partial charge is 0.391 e. The molecule has 0 aliphatic carbocycles. The SMILES string of the molecule is Cc1cc(NC(C)C)cc(N2CC[C@H](O)C2)n1. The number of rotatable bonds is 3. The van der Waals surface area contributed by atoms with Gasteiger partial charge < -0.3 is 15.3 Å². The first-order valence-electron chi connectivity index (χ1n) is 6.23. The summed E-state index contributed by atoms with van der Waals surface area (Å²) in [5.74, 6) is 0.963. The van der Waals surface area contributed by atoms with Crippen molar-refractivity contribution in [1.29, 1.82) is 0 Å². The number of β-amino-alcohol motifs (C(OH)–C–C–N with tert-alkyl or cyclic N) is 1. The fourth-order valence-electron chi connectivity index (χ4n) is 2.18. The highest BCUT2D eigenvalue weighted by Gasteiger charge is 2.21. The molecule has 0 spiro atoms. The molecule has 1 aromatic heterocycles. The van der Waals surface area contributed by atoms with Crippen LogP contribution in [0.2, 0.25) is 0 Å². The van der Waals surface area contributed by atoms with Gasteiger partial charge in [-0.2, -0.15) is 0 Å². The molecule has 1 aromatic rings. The molecule has 1 saturated heterocycles. The Morgan fingerprint density at radius 2 is 2.24 bits per heavy atom. The number of nitrogens with one attached hydrogen (secondary N) is 1. The van der Waals surface area contributed by atoms with Gasteiger partial charge in [0, 0.05) is 36.6 Å². The third kappa shape index (κ3) is 3.09. The van der Waals surface area contributed by atoms with Crippen LogP contribution in [0.5, 0.6) is 0 Å². The maximum absolute atomic E-state index is 9.56. The van der Waals surface area contributed by atoms with Crippen molar-refractivity contribution >= 4 is 11.5 Å². The fourth-order valence-corrected chi connectivity index (χ4v) is 2.18. The van der Waals surface area contributed by atoms with Gasteiger partial charge in [-0.15, -0.1) is 0 Å². The van der Waals surface area contributed by atoms with Crippen molar-refractivity contribution < 1.29 is 5.11 Å². The number of nitrogens with zero attached hydrogens (tertiary/aromatic N) is 2. The van der Waals surface area contributed by atoms with Crippen LogP contribution in [0.3, 0.4) is 0 Å². The monoisotopic (exact) mass is 235 g/mol. The summed E-state index contributed by atoms with van der Waals surface area (Å²) in [5.41, 5.74) is 2.11. The average Bonchev–Trinajstić information content (AvgIpc) is 2.62. The molecule has 0 bridgehead atoms. The average molecular weight is 235 g/mol. The lowest BCUT2D eigenvalue weighted by atomic mass is 10.2. The lowest BCUT2D eigenvalue weighted by molar-refractivity contribution is 0.198. The molecule has 0 unspecified atom stereocenters. The number of hydrogen-bond donors (Lipinski definition) is 2. The second kappa shape index (κ2) is 4.92. The van der Waals surface area contributed by atoms with Crippen LogP contribution in [0.15, 0.2) is 12.1 Å². The van der Waals surface area contributed by atoms with Crippen molar-refractivity contribution in [2.24, 2.45) is 0 Å². The number of aromatic nitrogens is 1. The normalized spacial score (nSPS) is 20.1. The fraction of sp³-hybridized carbons (Fsp3) is 0.615. The zero-order valence-corrected chi connectivity index (χ0v) is 10.8. The highest BCUT2D eigenvalue weighted by atomic mass is 16.3. The lowest BCUT2D eigenvalue weighted by Crippen LogP contribution is -2.22. The van der Waals surface area contributed by atoms with Crippen molar-refractivity contribution in [1.82, 2.24) is 4.98 Å². The number of aliphatic hydroxyl groups excluding tert-OH is 1. The van der Waals surface area contributed by atoms with E-state index >= 15 is 0 Å². The minimum Gasteiger partial charge on any atom is -0.391 e. The molecule has 4 heteroatoms. The molecule has 2 heterocycles. The van der Waals surface area contributed by atoms with Crippen LogP contribution in [0.4, 0.5) is 11.5 Å². The van der Waals surface area contributed by atoms with E-state index in [9.17, 15) is 5.11 Å². The zero-order chi connectivity index (χ0) is 12.4. The van der Waals surface area contributed by atoms with Crippen molar-refractivity contribution in [3.8, 4) is 0 Å². The van der Waals surface area contributed by atoms with Crippen LogP contribution in [0, 0.1) is 6.92 Å². The Balaban J connectivity index is 2.19. The van der Waals surface area contributed by atoms with E-state index in [-0.39, 0.29) is 6.10 Å². The summed E-state index contributed by atoms with van der Waals surface area (Å²) in [7, 11) is 0. The van der Waals surface area contributed by atoms with Gasteiger partial charge in [-0.1, -0.05) is 0 Å². The molecule has 1 aliphatic rings. The van der Waals surface area contributed by atoms with Gasteiger partial charge in [-0.25, -0.2) is 4.98 Å². The third-order valence-electron chi connectivity index (χ3n) is 2.88. The van der Waals surface area contributed by atoms with E-state index in [2.05, 4.69) is 41.2 Å². The van der Waals surface area contributed by atoms with Gasteiger partial charge in [-0.05, 0) is 33.3 Å². The van der Waals surface area contributed by atoms with Crippen LogP contribution >= 0.6 is 0 Å². The molecule has 0 radical (unpaired) electrons. The molecule has 17 heavy (non-hydrogen) atoms. The van der Waals surface area contributed by atoms with E-state index < -0.39 is 0 Å². The number of hydrogen-bond acceptors (Lipinski definition) is 4.